The fourth-order valence-electron chi connectivity index (χ4n) is 1.59. The van der Waals surface area contributed by atoms with Gasteiger partial charge >= 0.3 is 0 Å². The number of benzene rings is 1. The lowest BCUT2D eigenvalue weighted by molar-refractivity contribution is 0.616. The molecule has 2 nitrogen and oxygen atoms in total. The summed E-state index contributed by atoms with van der Waals surface area (Å²) in [5.74, 6) is -0.392. The number of aryl methyl sites for hydroxylation is 1. The summed E-state index contributed by atoms with van der Waals surface area (Å²) in [5, 5.41) is 0.655. The fourth-order valence-corrected chi connectivity index (χ4v) is 1.78. The molecule has 0 spiro atoms. The van der Waals surface area contributed by atoms with Gasteiger partial charge in [0, 0.05) is 11.2 Å². The van der Waals surface area contributed by atoms with Crippen molar-refractivity contribution in [3.63, 3.8) is 0 Å². The van der Waals surface area contributed by atoms with Gasteiger partial charge in [-0.3, -0.25) is 4.98 Å². The van der Waals surface area contributed by atoms with Crippen LogP contribution in [0, 0.1) is 12.7 Å². The van der Waals surface area contributed by atoms with Gasteiger partial charge in [-0.1, -0.05) is 23.7 Å². The molecule has 0 bridgehead atoms. The highest BCUT2D eigenvalue weighted by molar-refractivity contribution is 6.31. The molecule has 0 aliphatic rings. The van der Waals surface area contributed by atoms with Gasteiger partial charge in [-0.05, 0) is 35.7 Å². The van der Waals surface area contributed by atoms with Crippen molar-refractivity contribution in [1.29, 1.82) is 0 Å². The molecule has 0 amide bonds. The minimum atomic E-state index is -0.420. The minimum absolute atomic E-state index is 0.392. The summed E-state index contributed by atoms with van der Waals surface area (Å²) >= 11 is 6.03. The molecular weight excluding hydrogens is 239 g/mol. The highest BCUT2D eigenvalue weighted by Gasteiger charge is 2.11. The van der Waals surface area contributed by atoms with Crippen LogP contribution in [-0.2, 0) is 0 Å². The molecule has 0 saturated carbocycles. The van der Waals surface area contributed by atoms with Gasteiger partial charge < -0.3 is 5.73 Å². The molecule has 2 aromatic rings. The second-order valence-corrected chi connectivity index (χ2v) is 4.33. The van der Waals surface area contributed by atoms with Crippen LogP contribution in [0.5, 0.6) is 0 Å². The molecule has 1 unspecified atom stereocenters. The van der Waals surface area contributed by atoms with Crippen LogP contribution in [0.25, 0.3) is 0 Å². The van der Waals surface area contributed by atoms with E-state index in [4.69, 9.17) is 17.3 Å². The topological polar surface area (TPSA) is 38.9 Å². The first-order valence-electron chi connectivity index (χ1n) is 5.20. The van der Waals surface area contributed by atoms with Crippen LogP contribution in [0.2, 0.25) is 5.02 Å². The van der Waals surface area contributed by atoms with E-state index in [1.165, 1.54) is 6.07 Å². The first kappa shape index (κ1) is 12.0. The van der Waals surface area contributed by atoms with E-state index in [2.05, 4.69) is 4.98 Å². The normalized spacial score (nSPS) is 12.5. The van der Waals surface area contributed by atoms with E-state index in [1.807, 2.05) is 19.1 Å². The van der Waals surface area contributed by atoms with Crippen molar-refractivity contribution in [1.82, 2.24) is 4.98 Å². The third-order valence-electron chi connectivity index (χ3n) is 2.64. The zero-order chi connectivity index (χ0) is 12.4. The lowest BCUT2D eigenvalue weighted by Crippen LogP contribution is -2.12. The van der Waals surface area contributed by atoms with Crippen molar-refractivity contribution in [2.45, 2.75) is 13.0 Å². The predicted octanol–water partition coefficient (Wildman–Crippen LogP) is 3.23. The maximum absolute atomic E-state index is 13.0. The van der Waals surface area contributed by atoms with Crippen LogP contribution in [0.15, 0.2) is 36.7 Å². The fraction of sp³-hybridized carbons (Fsp3) is 0.154. The molecular formula is C13H12ClFN2. The van der Waals surface area contributed by atoms with Crippen LogP contribution in [0.3, 0.4) is 0 Å². The SMILES string of the molecule is Cc1ccc(C(N)c2cncc(F)c2)cc1Cl. The van der Waals surface area contributed by atoms with Crippen LogP contribution in [0.4, 0.5) is 4.39 Å². The third kappa shape index (κ3) is 2.62. The maximum Gasteiger partial charge on any atom is 0.141 e. The van der Waals surface area contributed by atoms with Gasteiger partial charge in [0.2, 0.25) is 0 Å². The molecule has 1 aromatic carbocycles. The van der Waals surface area contributed by atoms with Crippen LogP contribution < -0.4 is 5.73 Å². The van der Waals surface area contributed by atoms with Crippen molar-refractivity contribution in [2.75, 3.05) is 0 Å². The van der Waals surface area contributed by atoms with E-state index in [0.29, 0.717) is 10.6 Å². The number of aromatic nitrogens is 1. The van der Waals surface area contributed by atoms with Crippen molar-refractivity contribution >= 4 is 11.6 Å². The van der Waals surface area contributed by atoms with Crippen molar-refractivity contribution in [3.8, 4) is 0 Å². The summed E-state index contributed by atoms with van der Waals surface area (Å²) in [6.07, 6.45) is 2.71. The van der Waals surface area contributed by atoms with E-state index >= 15 is 0 Å². The van der Waals surface area contributed by atoms with E-state index in [9.17, 15) is 4.39 Å². The Labute approximate surface area is 104 Å². The smallest absolute Gasteiger partial charge is 0.141 e. The van der Waals surface area contributed by atoms with E-state index < -0.39 is 11.9 Å². The van der Waals surface area contributed by atoms with E-state index in [1.54, 1.807) is 12.3 Å². The standard InChI is InChI=1S/C13H12ClFN2/c1-8-2-3-9(5-12(8)14)13(16)10-4-11(15)7-17-6-10/h2-7,13H,16H2,1H3. The van der Waals surface area contributed by atoms with Gasteiger partial charge in [-0.2, -0.15) is 0 Å². The molecule has 0 radical (unpaired) electrons. The summed E-state index contributed by atoms with van der Waals surface area (Å²) in [6, 6.07) is 6.54. The predicted molar refractivity (Wildman–Crippen MR) is 66.4 cm³/mol. The largest absolute Gasteiger partial charge is 0.320 e. The van der Waals surface area contributed by atoms with Crippen molar-refractivity contribution < 1.29 is 4.39 Å². The summed E-state index contributed by atoms with van der Waals surface area (Å²) in [5.41, 5.74) is 8.50. The highest BCUT2D eigenvalue weighted by Crippen LogP contribution is 2.24. The molecule has 1 atom stereocenters. The Kier molecular flexibility index (Phi) is 3.41. The maximum atomic E-state index is 13.0. The Morgan fingerprint density at radius 3 is 2.65 bits per heavy atom. The number of hydrogen-bond acceptors (Lipinski definition) is 2. The Hall–Kier alpha value is -1.45. The molecule has 2 rings (SSSR count). The molecule has 1 heterocycles. The summed E-state index contributed by atoms with van der Waals surface area (Å²) in [4.78, 5) is 3.78. The quantitative estimate of drug-likeness (QED) is 0.889. The summed E-state index contributed by atoms with van der Waals surface area (Å²) in [6.45, 7) is 1.92. The lowest BCUT2D eigenvalue weighted by Gasteiger charge is -2.13. The second-order valence-electron chi connectivity index (χ2n) is 3.92. The number of pyridine rings is 1. The average Bonchev–Trinajstić information content (AvgIpc) is 2.32. The number of nitrogens with zero attached hydrogens (tertiary/aromatic N) is 1. The Bertz CT molecular complexity index is 543. The molecule has 4 heteroatoms. The van der Waals surface area contributed by atoms with Crippen molar-refractivity contribution in [2.24, 2.45) is 5.73 Å². The average molecular weight is 251 g/mol. The third-order valence-corrected chi connectivity index (χ3v) is 3.05. The molecule has 2 N–H and O–H groups in total. The lowest BCUT2D eigenvalue weighted by atomic mass is 10.00. The van der Waals surface area contributed by atoms with E-state index in [-0.39, 0.29) is 0 Å². The minimum Gasteiger partial charge on any atom is -0.320 e. The molecule has 88 valence electrons. The molecule has 17 heavy (non-hydrogen) atoms. The van der Waals surface area contributed by atoms with Crippen LogP contribution in [-0.4, -0.2) is 4.98 Å². The molecule has 0 saturated heterocycles. The van der Waals surface area contributed by atoms with Gasteiger partial charge in [0.25, 0.3) is 0 Å². The zero-order valence-corrected chi connectivity index (χ0v) is 10.1. The van der Waals surface area contributed by atoms with Crippen LogP contribution in [0.1, 0.15) is 22.7 Å². The number of nitrogens with two attached hydrogens (primary N) is 1. The number of rotatable bonds is 2. The molecule has 1 aromatic heterocycles. The molecule has 0 fully saturated rings. The van der Waals surface area contributed by atoms with E-state index in [0.717, 1.165) is 17.3 Å². The summed E-state index contributed by atoms with van der Waals surface area (Å²) < 4.78 is 13.0. The van der Waals surface area contributed by atoms with Gasteiger partial charge in [0.1, 0.15) is 5.82 Å². The Balaban J connectivity index is 2.36. The van der Waals surface area contributed by atoms with Crippen LogP contribution >= 0.6 is 11.6 Å². The monoisotopic (exact) mass is 250 g/mol. The van der Waals surface area contributed by atoms with Gasteiger partial charge in [0.05, 0.1) is 12.2 Å². The Morgan fingerprint density at radius 2 is 2.00 bits per heavy atom. The van der Waals surface area contributed by atoms with Gasteiger partial charge in [-0.15, -0.1) is 0 Å². The number of halogens is 2. The zero-order valence-electron chi connectivity index (χ0n) is 9.32. The molecule has 0 aliphatic heterocycles. The Morgan fingerprint density at radius 1 is 1.24 bits per heavy atom. The first-order valence-corrected chi connectivity index (χ1v) is 5.58. The summed E-state index contributed by atoms with van der Waals surface area (Å²) in [7, 11) is 0. The second kappa shape index (κ2) is 4.82. The van der Waals surface area contributed by atoms with Crippen molar-refractivity contribution in [3.05, 3.63) is 64.2 Å². The number of hydrogen-bond donors (Lipinski definition) is 1. The molecule has 0 aliphatic carbocycles. The van der Waals surface area contributed by atoms with Gasteiger partial charge in [0.15, 0.2) is 0 Å². The highest BCUT2D eigenvalue weighted by atomic mass is 35.5. The first-order chi connectivity index (χ1) is 8.08. The van der Waals surface area contributed by atoms with Gasteiger partial charge in [-0.25, -0.2) is 4.39 Å².